The zero-order valence-corrected chi connectivity index (χ0v) is 42.6. The van der Waals surface area contributed by atoms with Gasteiger partial charge in [0.25, 0.3) is 25.8 Å². The number of nitrogens with zero attached hydrogens (tertiary/aromatic N) is 2. The Kier molecular flexibility index (Phi) is 17.3. The minimum Gasteiger partial charge on any atom is -0.388 e. The van der Waals surface area contributed by atoms with Crippen molar-refractivity contribution in [3.05, 3.63) is 137 Å². The molecule has 5 aromatic carbocycles. The van der Waals surface area contributed by atoms with Crippen LogP contribution in [0.1, 0.15) is 67.0 Å². The smallest absolute Gasteiger partial charge is 0.388 e. The normalized spacial score (nSPS) is 17.8. The predicted octanol–water partition coefficient (Wildman–Crippen LogP) is 8.66. The van der Waals surface area contributed by atoms with E-state index in [4.69, 9.17) is 11.6 Å². The van der Waals surface area contributed by atoms with Crippen molar-refractivity contribution in [1.82, 2.24) is 20.3 Å². The van der Waals surface area contributed by atoms with Crippen molar-refractivity contribution in [3.63, 3.8) is 0 Å². The van der Waals surface area contributed by atoms with Crippen LogP contribution in [0.2, 0.25) is 5.02 Å². The van der Waals surface area contributed by atoms with Crippen LogP contribution < -0.4 is 25.6 Å². The summed E-state index contributed by atoms with van der Waals surface area (Å²) < 4.78 is 99.0. The van der Waals surface area contributed by atoms with Gasteiger partial charge in [-0.2, -0.15) is 13.2 Å². The van der Waals surface area contributed by atoms with Crippen molar-refractivity contribution in [2.75, 3.05) is 55.2 Å². The molecule has 5 aromatic rings. The standard InChI is InChI=1S/C52H58ClF3N6O7S3/c53-38-16-12-35(13-17-38)45-10-4-5-11-46(45)50(64)36-24-28-62(29-25-36)41-20-14-37(15-21-41)51(65)60-72(68,69)44-22-23-47(48(32-44)71(66,67)52(54,55)56)59-40(34-70-43-8-2-1-3-9-43)31-42-7-6-27-61(42)30-26-57-49(63)33-58-39-18-19-39/h1-5,8-17,20-23,32,36,39-40,42,50,58-59,64H,6-7,18-19,24-31,33-34H2,(H,57,63)(H,60,65)/t40?,42-,50?/m0/s1. The maximum Gasteiger partial charge on any atom is 0.501 e. The summed E-state index contributed by atoms with van der Waals surface area (Å²) in [6.07, 6.45) is 4.77. The molecule has 5 N–H and O–H groups in total. The first-order valence-corrected chi connectivity index (χ1v) is 28.4. The third-order valence-electron chi connectivity index (χ3n) is 13.5. The molecule has 0 spiro atoms. The summed E-state index contributed by atoms with van der Waals surface area (Å²) in [5, 5.41) is 21.3. The van der Waals surface area contributed by atoms with E-state index >= 15 is 0 Å². The third kappa shape index (κ3) is 13.5. The molecule has 2 saturated heterocycles. The number of anilines is 2. The number of piperidine rings is 1. The first kappa shape index (κ1) is 53.2. The quantitative estimate of drug-likeness (QED) is 0.0443. The number of rotatable bonds is 21. The molecule has 0 aromatic heterocycles. The summed E-state index contributed by atoms with van der Waals surface area (Å²) in [6, 6.07) is 32.8. The lowest BCUT2D eigenvalue weighted by Crippen LogP contribution is -2.42. The average molecular weight is 1070 g/mol. The number of likely N-dealkylation sites (tertiary alicyclic amines) is 1. The number of amides is 2. The van der Waals surface area contributed by atoms with Crippen LogP contribution in [0.25, 0.3) is 11.1 Å². The number of benzene rings is 5. The minimum absolute atomic E-state index is 0.0270. The number of carbonyl (C=O) groups excluding carboxylic acids is 2. The molecule has 384 valence electrons. The van der Waals surface area contributed by atoms with Gasteiger partial charge < -0.3 is 26.0 Å². The van der Waals surface area contributed by atoms with Crippen LogP contribution in [0, 0.1) is 5.92 Å². The number of hydrogen-bond donors (Lipinski definition) is 5. The van der Waals surface area contributed by atoms with Gasteiger partial charge in [0.05, 0.1) is 23.2 Å². The van der Waals surface area contributed by atoms with Crippen LogP contribution in [0.4, 0.5) is 24.5 Å². The fraction of sp³-hybridized carbons (Fsp3) is 0.385. The van der Waals surface area contributed by atoms with Gasteiger partial charge in [0.2, 0.25) is 5.91 Å². The molecular formula is C52H58ClF3N6O7S3. The monoisotopic (exact) mass is 1070 g/mol. The Labute approximate surface area is 428 Å². The lowest BCUT2D eigenvalue weighted by atomic mass is 9.84. The first-order valence-electron chi connectivity index (χ1n) is 24.0. The van der Waals surface area contributed by atoms with Crippen LogP contribution in [0.3, 0.4) is 0 Å². The maximum absolute atomic E-state index is 14.4. The number of alkyl halides is 3. The van der Waals surface area contributed by atoms with E-state index in [9.17, 15) is 44.7 Å². The van der Waals surface area contributed by atoms with Crippen molar-refractivity contribution in [1.29, 1.82) is 0 Å². The largest absolute Gasteiger partial charge is 0.501 e. The minimum atomic E-state index is -6.13. The van der Waals surface area contributed by atoms with E-state index in [2.05, 4.69) is 25.8 Å². The highest BCUT2D eigenvalue weighted by molar-refractivity contribution is 7.99. The van der Waals surface area contributed by atoms with Crippen molar-refractivity contribution < 1.29 is 44.7 Å². The van der Waals surface area contributed by atoms with Gasteiger partial charge >= 0.3 is 5.51 Å². The molecule has 1 saturated carbocycles. The molecular weight excluding hydrogens is 1010 g/mol. The van der Waals surface area contributed by atoms with Gasteiger partial charge in [-0.15, -0.1) is 11.8 Å². The van der Waals surface area contributed by atoms with Crippen LogP contribution in [-0.2, 0) is 24.7 Å². The number of thioether (sulfide) groups is 1. The Morgan fingerprint density at radius 3 is 2.21 bits per heavy atom. The molecule has 3 aliphatic rings. The lowest BCUT2D eigenvalue weighted by Gasteiger charge is -2.36. The molecule has 0 radical (unpaired) electrons. The van der Waals surface area contributed by atoms with E-state index in [0.29, 0.717) is 68.3 Å². The molecule has 0 bridgehead atoms. The number of aliphatic hydroxyl groups is 1. The van der Waals surface area contributed by atoms with E-state index in [0.717, 1.165) is 71.6 Å². The van der Waals surface area contributed by atoms with Crippen LogP contribution >= 0.6 is 23.4 Å². The highest BCUT2D eigenvalue weighted by Crippen LogP contribution is 2.39. The molecule has 2 amide bonds. The van der Waals surface area contributed by atoms with Crippen molar-refractivity contribution >= 4 is 66.4 Å². The van der Waals surface area contributed by atoms with E-state index < -0.39 is 58.9 Å². The molecule has 8 rings (SSSR count). The van der Waals surface area contributed by atoms with Gasteiger partial charge in [0, 0.05) is 71.2 Å². The Morgan fingerprint density at radius 1 is 0.819 bits per heavy atom. The third-order valence-corrected chi connectivity index (χ3v) is 17.7. The zero-order chi connectivity index (χ0) is 51.0. The zero-order valence-electron chi connectivity index (χ0n) is 39.4. The fourth-order valence-corrected chi connectivity index (χ4v) is 12.5. The molecule has 3 atom stereocenters. The fourth-order valence-electron chi connectivity index (χ4n) is 9.39. The SMILES string of the molecule is O=C(CNC1CC1)NCCN1CCC[C@H]1CC(CSc1ccccc1)Nc1ccc(S(=O)(=O)NC(=O)c2ccc(N3CCC(C(O)c4ccccc4-c4ccc(Cl)cc4)CC3)cc2)cc1S(=O)(=O)C(F)(F)F. The summed E-state index contributed by atoms with van der Waals surface area (Å²) in [5.74, 6) is -0.884. The van der Waals surface area contributed by atoms with Crippen LogP contribution in [-0.4, -0.2) is 107 Å². The maximum atomic E-state index is 14.4. The number of hydrogen-bond acceptors (Lipinski definition) is 12. The van der Waals surface area contributed by atoms with Gasteiger partial charge in [-0.3, -0.25) is 14.5 Å². The summed E-state index contributed by atoms with van der Waals surface area (Å²) >= 11 is 7.54. The van der Waals surface area contributed by atoms with E-state index in [1.807, 2.05) is 83.6 Å². The van der Waals surface area contributed by atoms with Gasteiger partial charge in [0.1, 0.15) is 4.90 Å². The molecule has 20 heteroatoms. The molecule has 1 aliphatic carbocycles. The molecule has 3 fully saturated rings. The second kappa shape index (κ2) is 23.4. The second-order valence-electron chi connectivity index (χ2n) is 18.5. The Balaban J connectivity index is 0.931. The first-order chi connectivity index (χ1) is 34.4. The molecule has 2 aliphatic heterocycles. The van der Waals surface area contributed by atoms with Crippen molar-refractivity contribution in [3.8, 4) is 11.1 Å². The predicted molar refractivity (Wildman–Crippen MR) is 275 cm³/mol. The lowest BCUT2D eigenvalue weighted by molar-refractivity contribution is -0.120. The summed E-state index contributed by atoms with van der Waals surface area (Å²) in [6.45, 7) is 3.12. The molecule has 13 nitrogen and oxygen atoms in total. The van der Waals surface area contributed by atoms with Gasteiger partial charge in [0.15, 0.2) is 0 Å². The number of halogens is 4. The van der Waals surface area contributed by atoms with Crippen LogP contribution in [0.5, 0.6) is 0 Å². The van der Waals surface area contributed by atoms with Gasteiger partial charge in [-0.25, -0.2) is 21.6 Å². The Morgan fingerprint density at radius 2 is 1.51 bits per heavy atom. The second-order valence-corrected chi connectivity index (χ2v) is 23.6. The highest BCUT2D eigenvalue weighted by Gasteiger charge is 2.48. The molecule has 72 heavy (non-hydrogen) atoms. The number of sulfonamides is 1. The number of aliphatic hydroxyl groups excluding tert-OH is 1. The Bertz CT molecular complexity index is 2890. The highest BCUT2D eigenvalue weighted by atomic mass is 35.5. The van der Waals surface area contributed by atoms with Gasteiger partial charge in [-0.1, -0.05) is 66.2 Å². The Hall–Kier alpha value is -5.15. The van der Waals surface area contributed by atoms with Crippen LogP contribution in [0.15, 0.2) is 136 Å². The summed E-state index contributed by atoms with van der Waals surface area (Å²) in [7, 11) is -11.0. The van der Waals surface area contributed by atoms with E-state index in [1.165, 1.54) is 23.9 Å². The number of nitrogens with one attached hydrogen (secondary N) is 4. The van der Waals surface area contributed by atoms with E-state index in [1.54, 1.807) is 12.1 Å². The van der Waals surface area contributed by atoms with Crippen molar-refractivity contribution in [2.24, 2.45) is 5.92 Å². The van der Waals surface area contributed by atoms with Crippen molar-refractivity contribution in [2.45, 2.75) is 89.4 Å². The number of sulfone groups is 1. The number of carbonyl (C=O) groups is 2. The van der Waals surface area contributed by atoms with E-state index in [-0.39, 0.29) is 30.0 Å². The molecule has 2 heterocycles. The van der Waals surface area contributed by atoms with Gasteiger partial charge in [-0.05, 0) is 141 Å². The molecule has 2 unspecified atom stereocenters. The summed E-state index contributed by atoms with van der Waals surface area (Å²) in [5.41, 5.74) is -2.82. The topological polar surface area (TPSA) is 177 Å². The summed E-state index contributed by atoms with van der Waals surface area (Å²) in [4.78, 5) is 28.8. The average Bonchev–Trinajstić information content (AvgIpc) is 4.11.